The zero-order chi connectivity index (χ0) is 32.4. The first kappa shape index (κ1) is 33.8. The zero-order valence-corrected chi connectivity index (χ0v) is 27.5. The van der Waals surface area contributed by atoms with Crippen molar-refractivity contribution in [1.29, 1.82) is 0 Å². The summed E-state index contributed by atoms with van der Waals surface area (Å²) >= 11 is 6.43. The smallest absolute Gasteiger partial charge is 0.289 e. The van der Waals surface area contributed by atoms with Crippen LogP contribution in [-0.4, -0.2) is 78.2 Å². The molecule has 0 saturated carbocycles. The Hall–Kier alpha value is -3.06. The molecule has 13 heteroatoms. The van der Waals surface area contributed by atoms with Crippen LogP contribution in [0.3, 0.4) is 0 Å². The maximum absolute atomic E-state index is 14.0. The topological polar surface area (TPSA) is 133 Å². The predicted molar refractivity (Wildman–Crippen MR) is 170 cm³/mol. The van der Waals surface area contributed by atoms with Gasteiger partial charge < -0.3 is 10.2 Å². The number of amides is 2. The molecule has 2 aromatic rings. The van der Waals surface area contributed by atoms with Gasteiger partial charge >= 0.3 is 0 Å². The second-order valence-corrected chi connectivity index (χ2v) is 15.1. The number of benzene rings is 2. The Morgan fingerprint density at radius 1 is 1.14 bits per heavy atom. The van der Waals surface area contributed by atoms with Crippen LogP contribution >= 0.6 is 11.6 Å². The second-order valence-electron chi connectivity index (χ2n) is 12.7. The van der Waals surface area contributed by atoms with Crippen molar-refractivity contribution in [3.8, 4) is 0 Å². The molecule has 2 saturated heterocycles. The number of carbonyl (C=O) groups is 2. The van der Waals surface area contributed by atoms with Crippen LogP contribution in [0.5, 0.6) is 0 Å². The molecule has 2 aliphatic rings. The fraction of sp³-hybridized carbons (Fsp3) is 0.548. The lowest BCUT2D eigenvalue weighted by molar-refractivity contribution is -0.387. The third-order valence-electron chi connectivity index (χ3n) is 8.55. The second kappa shape index (κ2) is 13.5. The van der Waals surface area contributed by atoms with Gasteiger partial charge in [0.1, 0.15) is 0 Å². The van der Waals surface area contributed by atoms with Crippen LogP contribution in [0.2, 0.25) is 5.02 Å². The van der Waals surface area contributed by atoms with Gasteiger partial charge in [-0.1, -0.05) is 56.6 Å². The predicted octanol–water partition coefficient (Wildman–Crippen LogP) is 4.70. The molecule has 0 aliphatic carbocycles. The molecule has 240 valence electrons. The Labute approximate surface area is 264 Å². The first-order chi connectivity index (χ1) is 20.6. The quantitative estimate of drug-likeness (QED) is 0.292. The van der Waals surface area contributed by atoms with E-state index in [0.717, 1.165) is 18.9 Å². The first-order valence-corrected chi connectivity index (χ1v) is 16.8. The summed E-state index contributed by atoms with van der Waals surface area (Å²) in [7, 11) is -4.37. The Kier molecular flexibility index (Phi) is 10.4. The van der Waals surface area contributed by atoms with Crippen molar-refractivity contribution < 1.29 is 22.9 Å². The molecular weight excluding hydrogens is 606 g/mol. The number of carbonyl (C=O) groups excluding carboxylic acids is 2. The van der Waals surface area contributed by atoms with Gasteiger partial charge in [0.05, 0.1) is 28.1 Å². The summed E-state index contributed by atoms with van der Waals surface area (Å²) in [6.45, 7) is 10.2. The van der Waals surface area contributed by atoms with Gasteiger partial charge in [0, 0.05) is 43.3 Å². The normalized spacial score (nSPS) is 22.2. The van der Waals surface area contributed by atoms with Gasteiger partial charge in [0.25, 0.3) is 5.69 Å². The number of anilines is 1. The maximum Gasteiger partial charge on any atom is 0.289 e. The summed E-state index contributed by atoms with van der Waals surface area (Å²) in [6, 6.07) is 11.8. The van der Waals surface area contributed by atoms with Gasteiger partial charge in [0.15, 0.2) is 4.90 Å². The molecule has 2 aromatic carbocycles. The van der Waals surface area contributed by atoms with Crippen molar-refractivity contribution in [2.75, 3.05) is 31.1 Å². The Morgan fingerprint density at radius 2 is 1.80 bits per heavy atom. The largest absolute Gasteiger partial charge is 0.353 e. The number of nitrogens with one attached hydrogen (secondary N) is 1. The summed E-state index contributed by atoms with van der Waals surface area (Å²) in [5.74, 6) is -0.819. The van der Waals surface area contributed by atoms with Crippen LogP contribution in [-0.2, 0) is 19.6 Å². The SMILES string of the molecule is CC[C@H](CC(C)C)NC(=O)[C@H]1C[C@@H](N2CC(=O)N(c3ccccc3Cl)CC2(C)C)CN(S(=O)(=O)c2ccccc2[N+](=O)[O-])C1. The lowest BCUT2D eigenvalue weighted by Gasteiger charge is -2.52. The first-order valence-electron chi connectivity index (χ1n) is 15.0. The number of para-hydroxylation sites is 2. The number of piperidine rings is 1. The molecule has 0 radical (unpaired) electrons. The van der Waals surface area contributed by atoms with Gasteiger partial charge in [-0.25, -0.2) is 8.42 Å². The lowest BCUT2D eigenvalue weighted by atomic mass is 9.88. The molecule has 44 heavy (non-hydrogen) atoms. The number of nitro groups is 1. The van der Waals surface area contributed by atoms with Crippen molar-refractivity contribution in [2.24, 2.45) is 11.8 Å². The molecule has 3 atom stereocenters. The average Bonchev–Trinajstić information content (AvgIpc) is 2.97. The fourth-order valence-corrected chi connectivity index (χ4v) is 8.27. The maximum atomic E-state index is 14.0. The number of piperazine rings is 1. The summed E-state index contributed by atoms with van der Waals surface area (Å²) in [6.07, 6.45) is 1.83. The molecule has 0 bridgehead atoms. The number of halogens is 1. The molecule has 11 nitrogen and oxygen atoms in total. The summed E-state index contributed by atoms with van der Waals surface area (Å²) < 4.78 is 29.2. The highest BCUT2D eigenvalue weighted by Gasteiger charge is 2.48. The Balaban J connectivity index is 1.69. The highest BCUT2D eigenvalue weighted by molar-refractivity contribution is 7.89. The van der Waals surface area contributed by atoms with E-state index in [2.05, 4.69) is 19.2 Å². The standard InChI is InChI=1S/C31H42ClN5O6S/c1-6-23(15-21(2)3)33-30(39)22-16-24(18-34(17-22)44(42,43)28-14-10-9-13-27(28)37(40)41)36-19-29(38)35(20-31(36,4)5)26-12-8-7-11-25(26)32/h7-14,21-24H,6,15-20H2,1-5H3,(H,33,39)/t22-,23+,24+/m0/s1. The van der Waals surface area contributed by atoms with E-state index >= 15 is 0 Å². The highest BCUT2D eigenvalue weighted by atomic mass is 35.5. The van der Waals surface area contributed by atoms with Gasteiger partial charge in [-0.2, -0.15) is 4.31 Å². The molecule has 2 fully saturated rings. The molecule has 2 heterocycles. The molecular formula is C31H42ClN5O6S. The van der Waals surface area contributed by atoms with E-state index in [4.69, 9.17) is 11.6 Å². The van der Waals surface area contributed by atoms with Crippen molar-refractivity contribution >= 4 is 44.8 Å². The van der Waals surface area contributed by atoms with Crippen molar-refractivity contribution in [3.63, 3.8) is 0 Å². The van der Waals surface area contributed by atoms with Crippen LogP contribution in [0, 0.1) is 22.0 Å². The minimum absolute atomic E-state index is 0.0124. The van der Waals surface area contributed by atoms with E-state index in [1.165, 1.54) is 22.5 Å². The van der Waals surface area contributed by atoms with Crippen molar-refractivity contribution in [2.45, 2.75) is 76.4 Å². The number of hydrogen-bond acceptors (Lipinski definition) is 7. The highest BCUT2D eigenvalue weighted by Crippen LogP contribution is 2.36. The molecule has 1 N–H and O–H groups in total. The van der Waals surface area contributed by atoms with Crippen LogP contribution in [0.4, 0.5) is 11.4 Å². The summed E-state index contributed by atoms with van der Waals surface area (Å²) in [5, 5.41) is 15.3. The molecule has 0 spiro atoms. The minimum Gasteiger partial charge on any atom is -0.353 e. The minimum atomic E-state index is -4.37. The lowest BCUT2D eigenvalue weighted by Crippen LogP contribution is -2.68. The Morgan fingerprint density at radius 3 is 2.43 bits per heavy atom. The van der Waals surface area contributed by atoms with Gasteiger partial charge in [-0.05, 0) is 57.2 Å². The summed E-state index contributed by atoms with van der Waals surface area (Å²) in [4.78, 5) is 41.5. The molecule has 2 amide bonds. The number of sulfonamides is 1. The van der Waals surface area contributed by atoms with Crippen molar-refractivity contribution in [1.82, 2.24) is 14.5 Å². The number of nitrogens with zero attached hydrogens (tertiary/aromatic N) is 4. The van der Waals surface area contributed by atoms with Crippen LogP contribution < -0.4 is 10.2 Å². The van der Waals surface area contributed by atoms with Crippen molar-refractivity contribution in [3.05, 3.63) is 63.7 Å². The fourth-order valence-electron chi connectivity index (χ4n) is 6.35. The Bertz CT molecular complexity index is 1500. The number of rotatable bonds is 10. The van der Waals surface area contributed by atoms with Crippen LogP contribution in [0.1, 0.15) is 53.9 Å². The third-order valence-corrected chi connectivity index (χ3v) is 10.8. The zero-order valence-electron chi connectivity index (χ0n) is 25.9. The van der Waals surface area contributed by atoms with Crippen LogP contribution in [0.15, 0.2) is 53.4 Å². The number of nitro benzene ring substituents is 1. The van der Waals surface area contributed by atoms with E-state index in [1.807, 2.05) is 31.7 Å². The van der Waals surface area contributed by atoms with Crippen LogP contribution in [0.25, 0.3) is 0 Å². The van der Waals surface area contributed by atoms with E-state index in [9.17, 15) is 28.1 Å². The average molecular weight is 648 g/mol. The number of hydrogen-bond donors (Lipinski definition) is 1. The van der Waals surface area contributed by atoms with Gasteiger partial charge in [-0.15, -0.1) is 0 Å². The summed E-state index contributed by atoms with van der Waals surface area (Å²) in [5.41, 5.74) is -0.542. The van der Waals surface area contributed by atoms with E-state index in [1.54, 1.807) is 23.1 Å². The van der Waals surface area contributed by atoms with Gasteiger partial charge in [-0.3, -0.25) is 24.6 Å². The monoisotopic (exact) mass is 647 g/mol. The van der Waals surface area contributed by atoms with E-state index in [0.29, 0.717) is 29.6 Å². The molecule has 0 aromatic heterocycles. The molecule has 4 rings (SSSR count). The molecule has 2 aliphatic heterocycles. The third kappa shape index (κ3) is 7.25. The van der Waals surface area contributed by atoms with E-state index in [-0.39, 0.29) is 37.5 Å². The molecule has 0 unspecified atom stereocenters. The van der Waals surface area contributed by atoms with Gasteiger partial charge in [0.2, 0.25) is 21.8 Å². The van der Waals surface area contributed by atoms with E-state index < -0.39 is 43.0 Å².